The summed E-state index contributed by atoms with van der Waals surface area (Å²) in [6.07, 6.45) is 1.15. The Morgan fingerprint density at radius 3 is 2.46 bits per heavy atom. The van der Waals surface area contributed by atoms with Crippen LogP contribution in [0.25, 0.3) is 11.2 Å². The topological polar surface area (TPSA) is 125 Å². The van der Waals surface area contributed by atoms with E-state index in [9.17, 15) is 18.5 Å². The highest BCUT2D eigenvalue weighted by atomic mass is 32.2. The molecule has 1 aromatic carbocycles. The summed E-state index contributed by atoms with van der Waals surface area (Å²) in [7, 11) is -4.18. The van der Waals surface area contributed by atoms with Gasteiger partial charge in [-0.3, -0.25) is 10.1 Å². The van der Waals surface area contributed by atoms with Gasteiger partial charge in [-0.05, 0) is 31.2 Å². The van der Waals surface area contributed by atoms with Gasteiger partial charge >= 0.3 is 10.1 Å². The van der Waals surface area contributed by atoms with E-state index in [-0.39, 0.29) is 16.5 Å². The van der Waals surface area contributed by atoms with E-state index < -0.39 is 15.0 Å². The first-order valence-electron chi connectivity index (χ1n) is 6.64. The van der Waals surface area contributed by atoms with Gasteiger partial charge in [-0.25, -0.2) is 15.0 Å². The third-order valence-electron chi connectivity index (χ3n) is 3.05. The summed E-state index contributed by atoms with van der Waals surface area (Å²) in [5, 5.41) is 10.6. The number of aromatic nitrogens is 3. The Morgan fingerprint density at radius 1 is 1.08 bits per heavy atom. The number of nitro benzene ring substituents is 1. The quantitative estimate of drug-likeness (QED) is 0.399. The van der Waals surface area contributed by atoms with Crippen molar-refractivity contribution in [1.29, 1.82) is 0 Å². The summed E-state index contributed by atoms with van der Waals surface area (Å²) < 4.78 is 29.3. The summed E-state index contributed by atoms with van der Waals surface area (Å²) in [6, 6.07) is 7.70. The number of hydrogen-bond acceptors (Lipinski definition) is 8. The van der Waals surface area contributed by atoms with Gasteiger partial charge in [0.2, 0.25) is 0 Å². The summed E-state index contributed by atoms with van der Waals surface area (Å²) in [4.78, 5) is 22.0. The molecule has 0 unspecified atom stereocenters. The number of fused-ring (bicyclic) bond motifs is 1. The second-order valence-corrected chi connectivity index (χ2v) is 6.34. The number of benzene rings is 1. The zero-order chi connectivity index (χ0) is 17.3. The third kappa shape index (κ3) is 3.13. The van der Waals surface area contributed by atoms with Crippen LogP contribution < -0.4 is 4.18 Å². The van der Waals surface area contributed by atoms with Crippen molar-refractivity contribution in [1.82, 2.24) is 15.0 Å². The first-order valence-corrected chi connectivity index (χ1v) is 8.05. The van der Waals surface area contributed by atoms with Gasteiger partial charge in [-0.1, -0.05) is 0 Å². The van der Waals surface area contributed by atoms with Crippen molar-refractivity contribution in [2.45, 2.75) is 11.8 Å². The molecule has 0 amide bonds. The van der Waals surface area contributed by atoms with Crippen molar-refractivity contribution in [2.75, 3.05) is 0 Å². The lowest BCUT2D eigenvalue weighted by molar-refractivity contribution is -0.384. The smallest absolute Gasteiger partial charge is 0.340 e. The average Bonchev–Trinajstić information content (AvgIpc) is 2.55. The fourth-order valence-electron chi connectivity index (χ4n) is 1.92. The Kier molecular flexibility index (Phi) is 3.81. The van der Waals surface area contributed by atoms with Crippen molar-refractivity contribution in [3.63, 3.8) is 0 Å². The maximum atomic E-state index is 12.2. The van der Waals surface area contributed by atoms with Crippen LogP contribution in [0, 0.1) is 17.0 Å². The number of aryl methyl sites for hydroxylation is 1. The third-order valence-corrected chi connectivity index (χ3v) is 4.29. The van der Waals surface area contributed by atoms with Crippen molar-refractivity contribution >= 4 is 27.0 Å². The number of non-ortho nitro benzene ring substituents is 1. The number of rotatable bonds is 4. The number of nitro groups is 1. The van der Waals surface area contributed by atoms with Crippen LogP contribution in [0.1, 0.15) is 5.69 Å². The highest BCUT2D eigenvalue weighted by molar-refractivity contribution is 7.87. The monoisotopic (exact) mass is 346 g/mol. The highest BCUT2D eigenvalue weighted by Crippen LogP contribution is 2.20. The van der Waals surface area contributed by atoms with Crippen LogP contribution in [0.5, 0.6) is 5.88 Å². The molecule has 0 aliphatic carbocycles. The van der Waals surface area contributed by atoms with Gasteiger partial charge in [-0.15, -0.1) is 0 Å². The van der Waals surface area contributed by atoms with Crippen LogP contribution >= 0.6 is 0 Å². The molecule has 3 aromatic rings. The fourth-order valence-corrected chi connectivity index (χ4v) is 2.79. The van der Waals surface area contributed by atoms with E-state index >= 15 is 0 Å². The zero-order valence-corrected chi connectivity index (χ0v) is 13.1. The Labute approximate surface area is 136 Å². The number of hydrogen-bond donors (Lipinski definition) is 0. The molecule has 0 atom stereocenters. The normalized spacial score (nSPS) is 11.4. The Balaban J connectivity index is 1.91. The molecule has 2 aromatic heterocycles. The molecule has 2 heterocycles. The maximum absolute atomic E-state index is 12.2. The minimum absolute atomic E-state index is 0.216. The Hall–Kier alpha value is -3.14. The standard InChI is InChI=1S/C14H10N4O5S/c1-9-2-7-12-14(16-9)15-8-13(17-12)23-24(21,22)11-5-3-10(4-6-11)18(19)20/h2-8H,1H3. The molecule has 0 aliphatic rings. The van der Waals surface area contributed by atoms with Gasteiger partial charge in [0.15, 0.2) is 5.65 Å². The van der Waals surface area contributed by atoms with Crippen molar-refractivity contribution < 1.29 is 17.5 Å². The number of nitrogens with zero attached hydrogens (tertiary/aromatic N) is 4. The van der Waals surface area contributed by atoms with Gasteiger partial charge in [0, 0.05) is 17.8 Å². The van der Waals surface area contributed by atoms with E-state index in [2.05, 4.69) is 15.0 Å². The van der Waals surface area contributed by atoms with Crippen LogP contribution in [0.2, 0.25) is 0 Å². The van der Waals surface area contributed by atoms with Gasteiger partial charge in [0.05, 0.1) is 11.1 Å². The Bertz CT molecular complexity index is 1030. The van der Waals surface area contributed by atoms with E-state index in [0.29, 0.717) is 11.2 Å². The summed E-state index contributed by atoms with van der Waals surface area (Å²) in [5.74, 6) is -0.216. The SMILES string of the molecule is Cc1ccc2nc(OS(=O)(=O)c3ccc([N+](=O)[O-])cc3)cnc2n1. The largest absolute Gasteiger partial charge is 0.356 e. The second kappa shape index (κ2) is 5.81. The maximum Gasteiger partial charge on any atom is 0.340 e. The van der Waals surface area contributed by atoms with Crippen LogP contribution in [0.15, 0.2) is 47.5 Å². The Morgan fingerprint density at radius 2 is 1.79 bits per heavy atom. The highest BCUT2D eigenvalue weighted by Gasteiger charge is 2.19. The number of pyridine rings is 1. The fraction of sp³-hybridized carbons (Fsp3) is 0.0714. The van der Waals surface area contributed by atoms with Crippen molar-refractivity contribution in [2.24, 2.45) is 0 Å². The van der Waals surface area contributed by atoms with Gasteiger partial charge in [0.25, 0.3) is 11.6 Å². The molecule has 0 N–H and O–H groups in total. The van der Waals surface area contributed by atoms with E-state index in [1.165, 1.54) is 0 Å². The summed E-state index contributed by atoms with van der Waals surface area (Å²) >= 11 is 0. The van der Waals surface area contributed by atoms with E-state index in [1.807, 2.05) is 0 Å². The van der Waals surface area contributed by atoms with Crippen molar-refractivity contribution in [3.8, 4) is 5.88 Å². The molecule has 24 heavy (non-hydrogen) atoms. The predicted octanol–water partition coefficient (Wildman–Crippen LogP) is 2.01. The lowest BCUT2D eigenvalue weighted by Crippen LogP contribution is -2.11. The zero-order valence-electron chi connectivity index (χ0n) is 12.3. The minimum atomic E-state index is -4.18. The molecule has 0 saturated heterocycles. The molecule has 0 saturated carbocycles. The van der Waals surface area contributed by atoms with Crippen LogP contribution in [0.3, 0.4) is 0 Å². The van der Waals surface area contributed by atoms with Gasteiger partial charge in [0.1, 0.15) is 10.4 Å². The lowest BCUT2D eigenvalue weighted by atomic mass is 10.3. The molecular weight excluding hydrogens is 336 g/mol. The summed E-state index contributed by atoms with van der Waals surface area (Å²) in [5.41, 5.74) is 1.29. The molecule has 3 rings (SSSR count). The second-order valence-electron chi connectivity index (χ2n) is 4.79. The molecule has 122 valence electrons. The van der Waals surface area contributed by atoms with Crippen LogP contribution in [0.4, 0.5) is 5.69 Å². The van der Waals surface area contributed by atoms with Gasteiger partial charge in [-0.2, -0.15) is 8.42 Å². The molecule has 10 heteroatoms. The van der Waals surface area contributed by atoms with Gasteiger partial charge < -0.3 is 4.18 Å². The molecule has 0 aliphatic heterocycles. The molecule has 9 nitrogen and oxygen atoms in total. The first kappa shape index (κ1) is 15.7. The van der Waals surface area contributed by atoms with E-state index in [1.54, 1.807) is 19.1 Å². The average molecular weight is 346 g/mol. The first-order chi connectivity index (χ1) is 11.3. The minimum Gasteiger partial charge on any atom is -0.356 e. The molecule has 0 bridgehead atoms. The molecular formula is C14H10N4O5S. The van der Waals surface area contributed by atoms with Crippen molar-refractivity contribution in [3.05, 3.63) is 58.4 Å². The molecule has 0 fully saturated rings. The van der Waals surface area contributed by atoms with E-state index in [4.69, 9.17) is 4.18 Å². The predicted molar refractivity (Wildman–Crippen MR) is 83.0 cm³/mol. The molecule has 0 radical (unpaired) electrons. The van der Waals surface area contributed by atoms with Crippen LogP contribution in [-0.4, -0.2) is 28.3 Å². The summed E-state index contributed by atoms with van der Waals surface area (Å²) in [6.45, 7) is 1.80. The van der Waals surface area contributed by atoms with Crippen LogP contribution in [-0.2, 0) is 10.1 Å². The molecule has 0 spiro atoms. The van der Waals surface area contributed by atoms with E-state index in [0.717, 1.165) is 36.2 Å². The lowest BCUT2D eigenvalue weighted by Gasteiger charge is -2.06.